The molecule has 0 rings (SSSR count). The van der Waals surface area contributed by atoms with E-state index in [0.29, 0.717) is 0 Å². The Labute approximate surface area is 122 Å². The summed E-state index contributed by atoms with van der Waals surface area (Å²) in [5.74, 6) is 0. The molecule has 0 saturated heterocycles. The molecule has 0 atom stereocenters. The van der Waals surface area contributed by atoms with Crippen molar-refractivity contribution < 1.29 is 4.43 Å². The summed E-state index contributed by atoms with van der Waals surface area (Å²) in [5.41, 5.74) is 0. The van der Waals surface area contributed by atoms with Crippen LogP contribution < -0.4 is 0 Å². The van der Waals surface area contributed by atoms with Crippen molar-refractivity contribution in [3.8, 4) is 0 Å². The molecule has 112 valence electrons. The van der Waals surface area contributed by atoms with Gasteiger partial charge in [0, 0.05) is 0 Å². The Bertz CT molecular complexity index is 244. The van der Waals surface area contributed by atoms with E-state index >= 15 is 0 Å². The van der Waals surface area contributed by atoms with Gasteiger partial charge in [0.25, 0.3) is 0 Å². The molecule has 1 nitrogen and oxygen atoms in total. The molecule has 0 radical (unpaired) electrons. The molecular formula is C17H34OSi. The smallest absolute Gasteiger partial charge is 0.244 e. The summed E-state index contributed by atoms with van der Waals surface area (Å²) >= 11 is 0. The number of unbranched alkanes of at least 4 members (excludes halogenated alkanes) is 7. The van der Waals surface area contributed by atoms with E-state index in [0.717, 1.165) is 0 Å². The van der Waals surface area contributed by atoms with Crippen molar-refractivity contribution in [3.63, 3.8) is 0 Å². The Balaban J connectivity index is 3.37. The molecule has 0 aromatic heterocycles. The van der Waals surface area contributed by atoms with Gasteiger partial charge >= 0.3 is 0 Å². The zero-order chi connectivity index (χ0) is 14.4. The first-order valence-corrected chi connectivity index (χ1v) is 11.2. The van der Waals surface area contributed by atoms with Crippen LogP contribution in [-0.4, -0.2) is 8.32 Å². The molecule has 19 heavy (non-hydrogen) atoms. The molecule has 0 amide bonds. The molecule has 0 aliphatic carbocycles. The summed E-state index contributed by atoms with van der Waals surface area (Å²) in [6.45, 7) is 8.97. The molecule has 0 aliphatic rings. The minimum absolute atomic E-state index is 1.17. The monoisotopic (exact) mass is 282 g/mol. The maximum atomic E-state index is 5.77. The van der Waals surface area contributed by atoms with E-state index in [1.165, 1.54) is 57.4 Å². The molecular weight excluding hydrogens is 248 g/mol. The molecule has 0 aromatic rings. The van der Waals surface area contributed by atoms with E-state index in [-0.39, 0.29) is 0 Å². The molecule has 0 unspecified atom stereocenters. The second-order valence-corrected chi connectivity index (χ2v) is 10.4. The minimum Gasteiger partial charge on any atom is -0.549 e. The first kappa shape index (κ1) is 18.5. The summed E-state index contributed by atoms with van der Waals surface area (Å²) < 4.78 is 5.77. The molecule has 0 aliphatic heterocycles. The standard InChI is InChI=1S/C17H34OSi/c1-5-7-8-9-10-11-12-13-14-15-16-17-18-19(3,4)6-2/h14-17H,5-13H2,1-4H3/b15-14+,17-16+. The van der Waals surface area contributed by atoms with Crippen LogP contribution in [0.4, 0.5) is 0 Å². The summed E-state index contributed by atoms with van der Waals surface area (Å²) in [6, 6.07) is 1.17. The van der Waals surface area contributed by atoms with E-state index in [1.807, 2.05) is 12.3 Å². The van der Waals surface area contributed by atoms with Crippen LogP contribution in [0.3, 0.4) is 0 Å². The molecule has 0 heterocycles. The van der Waals surface area contributed by atoms with Crippen LogP contribution in [0.15, 0.2) is 24.5 Å². The van der Waals surface area contributed by atoms with Crippen LogP contribution >= 0.6 is 0 Å². The summed E-state index contributed by atoms with van der Waals surface area (Å²) in [5, 5.41) is 0. The highest BCUT2D eigenvalue weighted by Gasteiger charge is 2.18. The highest BCUT2D eigenvalue weighted by atomic mass is 28.4. The highest BCUT2D eigenvalue weighted by Crippen LogP contribution is 2.10. The first-order chi connectivity index (χ1) is 9.12. The van der Waals surface area contributed by atoms with E-state index in [4.69, 9.17) is 4.43 Å². The van der Waals surface area contributed by atoms with Gasteiger partial charge in [-0.15, -0.1) is 0 Å². The normalized spacial score (nSPS) is 12.6. The lowest BCUT2D eigenvalue weighted by Crippen LogP contribution is -2.26. The van der Waals surface area contributed by atoms with Gasteiger partial charge in [0.2, 0.25) is 8.32 Å². The van der Waals surface area contributed by atoms with Gasteiger partial charge in [-0.05, 0) is 38.1 Å². The van der Waals surface area contributed by atoms with Crippen molar-refractivity contribution in [1.29, 1.82) is 0 Å². The van der Waals surface area contributed by atoms with Crippen molar-refractivity contribution in [3.05, 3.63) is 24.5 Å². The number of hydrogen-bond acceptors (Lipinski definition) is 1. The van der Waals surface area contributed by atoms with Crippen molar-refractivity contribution in [1.82, 2.24) is 0 Å². The quantitative estimate of drug-likeness (QED) is 0.173. The van der Waals surface area contributed by atoms with Crippen molar-refractivity contribution >= 4 is 8.32 Å². The third-order valence-electron chi connectivity index (χ3n) is 3.54. The zero-order valence-corrected chi connectivity index (χ0v) is 14.6. The largest absolute Gasteiger partial charge is 0.549 e. The summed E-state index contributed by atoms with van der Waals surface area (Å²) in [6.07, 6.45) is 19.2. The lowest BCUT2D eigenvalue weighted by Gasteiger charge is -2.18. The van der Waals surface area contributed by atoms with E-state index in [2.05, 4.69) is 39.1 Å². The number of hydrogen-bond donors (Lipinski definition) is 0. The maximum Gasteiger partial charge on any atom is 0.244 e. The molecule has 0 aromatic carbocycles. The Kier molecular flexibility index (Phi) is 12.2. The Morgan fingerprint density at radius 3 is 2.11 bits per heavy atom. The van der Waals surface area contributed by atoms with Gasteiger partial charge in [-0.2, -0.15) is 0 Å². The average molecular weight is 283 g/mol. The van der Waals surface area contributed by atoms with Crippen LogP contribution in [0.25, 0.3) is 0 Å². The number of rotatable bonds is 12. The Morgan fingerprint density at radius 1 is 0.842 bits per heavy atom. The molecule has 0 fully saturated rings. The van der Waals surface area contributed by atoms with Crippen molar-refractivity contribution in [2.45, 2.75) is 84.4 Å². The van der Waals surface area contributed by atoms with Crippen LogP contribution in [0, 0.1) is 0 Å². The molecule has 0 bridgehead atoms. The third-order valence-corrected chi connectivity index (χ3v) is 6.02. The average Bonchev–Trinajstić information content (AvgIpc) is 2.40. The first-order valence-electron chi connectivity index (χ1n) is 8.12. The lowest BCUT2D eigenvalue weighted by atomic mass is 10.1. The molecule has 0 N–H and O–H groups in total. The SMILES string of the molecule is CCCCCCCCC/C=C/C=C/O[Si](C)(C)CC. The predicted octanol–water partition coefficient (Wildman–Crippen LogP) is 6.44. The van der Waals surface area contributed by atoms with E-state index in [1.54, 1.807) is 0 Å². The van der Waals surface area contributed by atoms with Crippen LogP contribution in [0.5, 0.6) is 0 Å². The van der Waals surface area contributed by atoms with Gasteiger partial charge in [-0.3, -0.25) is 0 Å². The molecule has 0 saturated carbocycles. The van der Waals surface area contributed by atoms with Gasteiger partial charge < -0.3 is 4.43 Å². The minimum atomic E-state index is -1.40. The van der Waals surface area contributed by atoms with Crippen molar-refractivity contribution in [2.24, 2.45) is 0 Å². The van der Waals surface area contributed by atoms with Crippen molar-refractivity contribution in [2.75, 3.05) is 0 Å². The summed E-state index contributed by atoms with van der Waals surface area (Å²) in [4.78, 5) is 0. The fourth-order valence-electron chi connectivity index (χ4n) is 1.75. The lowest BCUT2D eigenvalue weighted by molar-refractivity contribution is 0.472. The maximum absolute atomic E-state index is 5.77. The molecule has 0 spiro atoms. The number of allylic oxidation sites excluding steroid dienone is 3. The Morgan fingerprint density at radius 2 is 1.47 bits per heavy atom. The van der Waals surface area contributed by atoms with E-state index in [9.17, 15) is 0 Å². The fourth-order valence-corrected chi connectivity index (χ4v) is 2.36. The molecule has 2 heteroatoms. The zero-order valence-electron chi connectivity index (χ0n) is 13.6. The topological polar surface area (TPSA) is 9.23 Å². The van der Waals surface area contributed by atoms with E-state index < -0.39 is 8.32 Å². The van der Waals surface area contributed by atoms with Gasteiger partial charge in [0.15, 0.2) is 0 Å². The second-order valence-electron chi connectivity index (χ2n) is 5.90. The highest BCUT2D eigenvalue weighted by molar-refractivity contribution is 6.71. The Hall–Kier alpha value is -0.503. The van der Waals surface area contributed by atoms with Gasteiger partial charge in [-0.25, -0.2) is 0 Å². The van der Waals surface area contributed by atoms with Crippen LogP contribution in [0.1, 0.15) is 65.2 Å². The van der Waals surface area contributed by atoms with Crippen LogP contribution in [-0.2, 0) is 4.43 Å². The van der Waals surface area contributed by atoms with Gasteiger partial charge in [0.05, 0.1) is 6.26 Å². The summed E-state index contributed by atoms with van der Waals surface area (Å²) in [7, 11) is -1.40. The van der Waals surface area contributed by atoms with Gasteiger partial charge in [-0.1, -0.05) is 64.5 Å². The predicted molar refractivity (Wildman–Crippen MR) is 89.9 cm³/mol. The van der Waals surface area contributed by atoms with Gasteiger partial charge in [0.1, 0.15) is 0 Å². The fraction of sp³-hybridized carbons (Fsp3) is 0.765. The third kappa shape index (κ3) is 13.7. The second kappa shape index (κ2) is 12.5. The van der Waals surface area contributed by atoms with Crippen LogP contribution in [0.2, 0.25) is 19.1 Å².